The van der Waals surface area contributed by atoms with Crippen LogP contribution in [0.2, 0.25) is 0 Å². The molecule has 0 atom stereocenters. The fraction of sp³-hybridized carbons (Fsp3) is 0.571. The summed E-state index contributed by atoms with van der Waals surface area (Å²) in [6, 6.07) is 4.52. The van der Waals surface area contributed by atoms with Crippen LogP contribution in [0.25, 0.3) is 0 Å². The highest BCUT2D eigenvalue weighted by molar-refractivity contribution is 5.07. The van der Waals surface area contributed by atoms with E-state index in [1.165, 1.54) is 0 Å². The van der Waals surface area contributed by atoms with Crippen molar-refractivity contribution in [2.75, 3.05) is 13.1 Å². The van der Waals surface area contributed by atoms with Crippen molar-refractivity contribution in [2.45, 2.75) is 39.9 Å². The molecular weight excluding hydrogens is 212 g/mol. The van der Waals surface area contributed by atoms with Crippen LogP contribution in [0, 0.1) is 12.3 Å². The molecule has 1 aromatic heterocycles. The summed E-state index contributed by atoms with van der Waals surface area (Å²) in [6.45, 7) is 9.50. The van der Waals surface area contributed by atoms with E-state index < -0.39 is 0 Å². The first-order valence-corrected chi connectivity index (χ1v) is 6.12. The van der Waals surface area contributed by atoms with E-state index in [1.807, 2.05) is 12.1 Å². The molecule has 1 rings (SSSR count). The van der Waals surface area contributed by atoms with E-state index in [9.17, 15) is 0 Å². The quantitative estimate of drug-likeness (QED) is 0.733. The Morgan fingerprint density at radius 1 is 1.41 bits per heavy atom. The lowest BCUT2D eigenvalue weighted by molar-refractivity contribution is 0.280. The van der Waals surface area contributed by atoms with Crippen molar-refractivity contribution in [2.24, 2.45) is 0 Å². The summed E-state index contributed by atoms with van der Waals surface area (Å²) in [5, 5.41) is 3.33. The van der Waals surface area contributed by atoms with E-state index in [0.717, 1.165) is 31.2 Å². The van der Waals surface area contributed by atoms with Crippen LogP contribution in [0.5, 0.6) is 0 Å². The Balaban J connectivity index is 2.47. The topological polar surface area (TPSA) is 28.4 Å². The fourth-order valence-corrected chi connectivity index (χ4v) is 1.54. The van der Waals surface area contributed by atoms with Crippen molar-refractivity contribution in [3.8, 4) is 12.3 Å². The van der Waals surface area contributed by atoms with E-state index in [-0.39, 0.29) is 0 Å². The van der Waals surface area contributed by atoms with E-state index in [0.29, 0.717) is 12.6 Å². The molecule has 0 aromatic carbocycles. The Morgan fingerprint density at radius 3 is 2.71 bits per heavy atom. The maximum atomic E-state index is 5.74. The zero-order valence-electron chi connectivity index (χ0n) is 11.0. The van der Waals surface area contributed by atoms with E-state index in [2.05, 4.69) is 36.9 Å². The van der Waals surface area contributed by atoms with Crippen molar-refractivity contribution in [1.82, 2.24) is 10.2 Å². The van der Waals surface area contributed by atoms with Gasteiger partial charge in [0.2, 0.25) is 0 Å². The van der Waals surface area contributed by atoms with Gasteiger partial charge in [-0.15, -0.1) is 6.42 Å². The minimum atomic E-state index is 0.470. The number of hydrogen-bond donors (Lipinski definition) is 1. The maximum absolute atomic E-state index is 5.74. The third-order valence-electron chi connectivity index (χ3n) is 2.54. The van der Waals surface area contributed by atoms with Crippen LogP contribution in [0.15, 0.2) is 16.5 Å². The number of furan rings is 1. The van der Waals surface area contributed by atoms with Gasteiger partial charge < -0.3 is 9.73 Å². The van der Waals surface area contributed by atoms with Crippen molar-refractivity contribution >= 4 is 0 Å². The summed E-state index contributed by atoms with van der Waals surface area (Å²) in [5.41, 5.74) is 0. The summed E-state index contributed by atoms with van der Waals surface area (Å²) >= 11 is 0. The van der Waals surface area contributed by atoms with Gasteiger partial charge in [0.15, 0.2) is 0 Å². The van der Waals surface area contributed by atoms with Gasteiger partial charge in [-0.3, -0.25) is 4.90 Å². The molecule has 3 nitrogen and oxygen atoms in total. The second-order valence-corrected chi connectivity index (χ2v) is 4.41. The van der Waals surface area contributed by atoms with E-state index >= 15 is 0 Å². The van der Waals surface area contributed by atoms with Crippen LogP contribution < -0.4 is 5.32 Å². The lowest BCUT2D eigenvalue weighted by Crippen LogP contribution is -2.23. The molecular formula is C14H22N2O. The van der Waals surface area contributed by atoms with Gasteiger partial charge in [-0.2, -0.15) is 0 Å². The molecule has 1 heterocycles. The van der Waals surface area contributed by atoms with E-state index in [1.54, 1.807) is 0 Å². The Bertz CT molecular complexity index is 363. The van der Waals surface area contributed by atoms with Gasteiger partial charge in [0, 0.05) is 6.04 Å². The van der Waals surface area contributed by atoms with Gasteiger partial charge in [0.25, 0.3) is 0 Å². The minimum Gasteiger partial charge on any atom is -0.463 e. The number of terminal acetylenes is 1. The number of nitrogens with one attached hydrogen (secondary N) is 1. The predicted molar refractivity (Wildman–Crippen MR) is 70.5 cm³/mol. The van der Waals surface area contributed by atoms with Gasteiger partial charge in [-0.25, -0.2) is 0 Å². The smallest absolute Gasteiger partial charge is 0.118 e. The number of nitrogens with zero attached hydrogens (tertiary/aromatic N) is 1. The van der Waals surface area contributed by atoms with E-state index in [4.69, 9.17) is 10.8 Å². The molecule has 1 aromatic rings. The Hall–Kier alpha value is -1.24. The van der Waals surface area contributed by atoms with Crippen LogP contribution in [0.1, 0.15) is 32.3 Å². The van der Waals surface area contributed by atoms with Crippen molar-refractivity contribution < 1.29 is 4.42 Å². The molecule has 1 N–H and O–H groups in total. The fourth-order valence-electron chi connectivity index (χ4n) is 1.54. The summed E-state index contributed by atoms with van der Waals surface area (Å²) in [7, 11) is 0. The Morgan fingerprint density at radius 2 is 2.12 bits per heavy atom. The van der Waals surface area contributed by atoms with Gasteiger partial charge in [-0.05, 0) is 18.7 Å². The Kier molecular flexibility index (Phi) is 5.82. The van der Waals surface area contributed by atoms with Crippen LogP contribution in [-0.2, 0) is 13.1 Å². The Labute approximate surface area is 104 Å². The highest BCUT2D eigenvalue weighted by Crippen LogP contribution is 2.10. The predicted octanol–water partition coefficient (Wildman–Crippen LogP) is 2.23. The molecule has 0 radical (unpaired) electrons. The molecule has 0 aliphatic carbocycles. The van der Waals surface area contributed by atoms with Crippen molar-refractivity contribution in [1.29, 1.82) is 0 Å². The van der Waals surface area contributed by atoms with Crippen LogP contribution >= 0.6 is 0 Å². The number of hydrogen-bond acceptors (Lipinski definition) is 3. The lowest BCUT2D eigenvalue weighted by atomic mass is 10.3. The van der Waals surface area contributed by atoms with Gasteiger partial charge in [0.1, 0.15) is 11.5 Å². The molecule has 0 aliphatic rings. The molecule has 3 heteroatoms. The standard InChI is InChI=1S/C14H22N2O/c1-5-9-16(6-2)11-14-8-7-13(17-14)10-15-12(3)4/h1,7-8,12,15H,6,9-11H2,2-4H3. The molecule has 0 bridgehead atoms. The maximum Gasteiger partial charge on any atom is 0.118 e. The van der Waals surface area contributed by atoms with Gasteiger partial charge in [-0.1, -0.05) is 26.7 Å². The normalized spacial score (nSPS) is 11.1. The van der Waals surface area contributed by atoms with Crippen molar-refractivity contribution in [3.05, 3.63) is 23.7 Å². The third-order valence-corrected chi connectivity index (χ3v) is 2.54. The monoisotopic (exact) mass is 234 g/mol. The molecule has 94 valence electrons. The van der Waals surface area contributed by atoms with Crippen LogP contribution in [0.4, 0.5) is 0 Å². The molecule has 0 unspecified atom stereocenters. The minimum absolute atomic E-state index is 0.470. The molecule has 0 saturated heterocycles. The molecule has 0 amide bonds. The van der Waals surface area contributed by atoms with Crippen molar-refractivity contribution in [3.63, 3.8) is 0 Å². The average Bonchev–Trinajstić information content (AvgIpc) is 2.73. The highest BCUT2D eigenvalue weighted by atomic mass is 16.3. The second-order valence-electron chi connectivity index (χ2n) is 4.41. The SMILES string of the molecule is C#CCN(CC)Cc1ccc(CNC(C)C)o1. The zero-order valence-corrected chi connectivity index (χ0v) is 11.0. The average molecular weight is 234 g/mol. The molecule has 0 aliphatic heterocycles. The number of rotatable bonds is 7. The van der Waals surface area contributed by atoms with Gasteiger partial charge >= 0.3 is 0 Å². The molecule has 0 fully saturated rings. The van der Waals surface area contributed by atoms with Crippen LogP contribution in [0.3, 0.4) is 0 Å². The first kappa shape index (κ1) is 13.8. The second kappa shape index (κ2) is 7.16. The molecule has 0 spiro atoms. The largest absolute Gasteiger partial charge is 0.463 e. The highest BCUT2D eigenvalue weighted by Gasteiger charge is 2.06. The summed E-state index contributed by atoms with van der Waals surface area (Å²) in [5.74, 6) is 4.61. The summed E-state index contributed by atoms with van der Waals surface area (Å²) in [6.07, 6.45) is 5.31. The molecule has 0 saturated carbocycles. The zero-order chi connectivity index (χ0) is 12.7. The molecule has 17 heavy (non-hydrogen) atoms. The summed E-state index contributed by atoms with van der Waals surface area (Å²) in [4.78, 5) is 2.17. The summed E-state index contributed by atoms with van der Waals surface area (Å²) < 4.78 is 5.74. The first-order valence-electron chi connectivity index (χ1n) is 6.12. The van der Waals surface area contributed by atoms with Crippen LogP contribution in [-0.4, -0.2) is 24.0 Å². The first-order chi connectivity index (χ1) is 8.15. The lowest BCUT2D eigenvalue weighted by Gasteiger charge is -2.15. The van der Waals surface area contributed by atoms with Gasteiger partial charge in [0.05, 0.1) is 19.6 Å². The third kappa shape index (κ3) is 5.08.